The summed E-state index contributed by atoms with van der Waals surface area (Å²) in [5.74, 6) is 0.0126. The molecule has 2 aromatic heterocycles. The third-order valence-corrected chi connectivity index (χ3v) is 6.41. The van der Waals surface area contributed by atoms with Gasteiger partial charge in [-0.15, -0.1) is 11.3 Å². The van der Waals surface area contributed by atoms with Gasteiger partial charge >= 0.3 is 0 Å². The second-order valence-electron chi connectivity index (χ2n) is 7.42. The van der Waals surface area contributed by atoms with E-state index in [1.807, 2.05) is 48.0 Å². The van der Waals surface area contributed by atoms with Crippen molar-refractivity contribution in [1.29, 1.82) is 0 Å². The number of fused-ring (bicyclic) bond motifs is 1. The minimum atomic E-state index is 0.0126. The second-order valence-corrected chi connectivity index (χ2v) is 8.45. The van der Waals surface area contributed by atoms with Crippen LogP contribution in [0.4, 0.5) is 0 Å². The minimum Gasteiger partial charge on any atom is -0.351 e. The van der Waals surface area contributed by atoms with Crippen molar-refractivity contribution in [2.45, 2.75) is 13.3 Å². The first kappa shape index (κ1) is 19.1. The van der Waals surface area contributed by atoms with Crippen molar-refractivity contribution in [2.75, 3.05) is 46.3 Å². The van der Waals surface area contributed by atoms with Crippen LogP contribution in [-0.2, 0) is 0 Å². The van der Waals surface area contributed by atoms with Gasteiger partial charge in [0.05, 0.1) is 16.3 Å². The van der Waals surface area contributed by atoms with Gasteiger partial charge in [-0.2, -0.15) is 5.10 Å². The van der Waals surface area contributed by atoms with Crippen LogP contribution < -0.4 is 5.32 Å². The Labute approximate surface area is 169 Å². The topological polar surface area (TPSA) is 53.4 Å². The molecule has 7 heteroatoms. The van der Waals surface area contributed by atoms with E-state index in [1.165, 1.54) is 11.3 Å². The van der Waals surface area contributed by atoms with Crippen molar-refractivity contribution >= 4 is 27.5 Å². The SMILES string of the molecule is Cc1nn(-c2ccccc2)c2sc(C(=O)NCCCN3CCN(C)CC3)cc12. The number of aryl methyl sites for hydroxylation is 1. The predicted molar refractivity (Wildman–Crippen MR) is 115 cm³/mol. The summed E-state index contributed by atoms with van der Waals surface area (Å²) in [5.41, 5.74) is 1.96. The maximum absolute atomic E-state index is 12.6. The van der Waals surface area contributed by atoms with E-state index in [-0.39, 0.29) is 5.91 Å². The smallest absolute Gasteiger partial charge is 0.261 e. The lowest BCUT2D eigenvalue weighted by Crippen LogP contribution is -2.45. The summed E-state index contributed by atoms with van der Waals surface area (Å²) in [6.45, 7) is 8.25. The number of amides is 1. The highest BCUT2D eigenvalue weighted by molar-refractivity contribution is 7.20. The largest absolute Gasteiger partial charge is 0.351 e. The van der Waals surface area contributed by atoms with Crippen molar-refractivity contribution in [1.82, 2.24) is 24.9 Å². The molecule has 28 heavy (non-hydrogen) atoms. The molecule has 0 unspecified atom stereocenters. The maximum Gasteiger partial charge on any atom is 0.261 e. The van der Waals surface area contributed by atoms with E-state index < -0.39 is 0 Å². The number of hydrogen-bond acceptors (Lipinski definition) is 5. The summed E-state index contributed by atoms with van der Waals surface area (Å²) in [7, 11) is 2.17. The van der Waals surface area contributed by atoms with Gasteiger partial charge in [0.2, 0.25) is 0 Å². The molecule has 4 rings (SSSR count). The first-order chi connectivity index (χ1) is 13.6. The summed E-state index contributed by atoms with van der Waals surface area (Å²) in [6, 6.07) is 12.0. The number of thiophene rings is 1. The highest BCUT2D eigenvalue weighted by Crippen LogP contribution is 2.30. The molecule has 1 aliphatic rings. The van der Waals surface area contributed by atoms with Crippen molar-refractivity contribution in [2.24, 2.45) is 0 Å². The van der Waals surface area contributed by atoms with E-state index in [1.54, 1.807) is 0 Å². The van der Waals surface area contributed by atoms with Gasteiger partial charge in [0.25, 0.3) is 5.91 Å². The first-order valence-electron chi connectivity index (χ1n) is 9.85. The van der Waals surface area contributed by atoms with E-state index in [0.717, 1.165) is 65.6 Å². The summed E-state index contributed by atoms with van der Waals surface area (Å²) < 4.78 is 1.93. The number of nitrogens with zero attached hydrogens (tertiary/aromatic N) is 4. The standard InChI is InChI=1S/C21H27N5OS/c1-16-18-15-19(28-21(18)26(23-16)17-7-4-3-5-8-17)20(27)22-9-6-10-25-13-11-24(2)12-14-25/h3-5,7-8,15H,6,9-14H2,1-2H3,(H,22,27). The van der Waals surface area contributed by atoms with Crippen molar-refractivity contribution in [3.05, 3.63) is 47.0 Å². The molecule has 1 saturated heterocycles. The number of rotatable bonds is 6. The van der Waals surface area contributed by atoms with E-state index in [2.05, 4.69) is 27.3 Å². The van der Waals surface area contributed by atoms with Crippen LogP contribution in [0.2, 0.25) is 0 Å². The number of para-hydroxylation sites is 1. The van der Waals surface area contributed by atoms with Gasteiger partial charge in [0.1, 0.15) is 4.83 Å². The zero-order valence-corrected chi connectivity index (χ0v) is 17.3. The zero-order chi connectivity index (χ0) is 19.5. The molecule has 0 bridgehead atoms. The summed E-state index contributed by atoms with van der Waals surface area (Å²) in [5, 5.41) is 8.77. The predicted octanol–water partition coefficient (Wildman–Crippen LogP) is 2.76. The Morgan fingerprint density at radius 2 is 1.93 bits per heavy atom. The molecule has 3 aromatic rings. The monoisotopic (exact) mass is 397 g/mol. The van der Waals surface area contributed by atoms with Crippen LogP contribution in [0.15, 0.2) is 36.4 Å². The van der Waals surface area contributed by atoms with E-state index in [9.17, 15) is 4.79 Å². The summed E-state index contributed by atoms with van der Waals surface area (Å²) >= 11 is 1.51. The maximum atomic E-state index is 12.6. The van der Waals surface area contributed by atoms with E-state index in [0.29, 0.717) is 6.54 Å². The fourth-order valence-corrected chi connectivity index (χ4v) is 4.67. The Kier molecular flexibility index (Phi) is 5.75. The highest BCUT2D eigenvalue weighted by atomic mass is 32.1. The lowest BCUT2D eigenvalue weighted by atomic mass is 10.3. The summed E-state index contributed by atoms with van der Waals surface area (Å²) in [6.07, 6.45) is 0.983. The summed E-state index contributed by atoms with van der Waals surface area (Å²) in [4.78, 5) is 19.2. The molecule has 0 spiro atoms. The first-order valence-corrected chi connectivity index (χ1v) is 10.7. The molecule has 0 saturated carbocycles. The van der Waals surface area contributed by atoms with Crippen LogP contribution >= 0.6 is 11.3 Å². The van der Waals surface area contributed by atoms with Crippen LogP contribution in [0.1, 0.15) is 21.8 Å². The molecule has 1 aromatic carbocycles. The number of carbonyl (C=O) groups excluding carboxylic acids is 1. The van der Waals surface area contributed by atoms with Crippen LogP contribution in [0.5, 0.6) is 0 Å². The quantitative estimate of drug-likeness (QED) is 0.650. The second kappa shape index (κ2) is 8.43. The van der Waals surface area contributed by atoms with Crippen molar-refractivity contribution in [3.63, 3.8) is 0 Å². The van der Waals surface area contributed by atoms with Crippen LogP contribution in [0.3, 0.4) is 0 Å². The van der Waals surface area contributed by atoms with Gasteiger partial charge in [-0.05, 0) is 45.1 Å². The number of benzene rings is 1. The number of carbonyl (C=O) groups is 1. The van der Waals surface area contributed by atoms with Crippen LogP contribution in [0, 0.1) is 6.92 Å². The Balaban J connectivity index is 1.37. The Morgan fingerprint density at radius 1 is 1.18 bits per heavy atom. The fourth-order valence-electron chi connectivity index (χ4n) is 3.57. The lowest BCUT2D eigenvalue weighted by molar-refractivity contribution is 0.0953. The minimum absolute atomic E-state index is 0.0126. The van der Waals surface area contributed by atoms with Gasteiger partial charge in [-0.1, -0.05) is 18.2 Å². The van der Waals surface area contributed by atoms with Crippen molar-refractivity contribution in [3.8, 4) is 5.69 Å². The molecule has 0 atom stereocenters. The van der Waals surface area contributed by atoms with Crippen LogP contribution in [0.25, 0.3) is 15.9 Å². The molecule has 1 fully saturated rings. The molecular weight excluding hydrogens is 370 g/mol. The molecule has 1 amide bonds. The molecule has 0 aliphatic carbocycles. The number of likely N-dealkylation sites (N-methyl/N-ethyl adjacent to an activating group) is 1. The molecule has 148 valence electrons. The highest BCUT2D eigenvalue weighted by Gasteiger charge is 2.17. The Hall–Kier alpha value is -2.22. The van der Waals surface area contributed by atoms with Gasteiger partial charge in [-0.3, -0.25) is 4.79 Å². The van der Waals surface area contributed by atoms with Gasteiger partial charge in [0, 0.05) is 38.1 Å². The van der Waals surface area contributed by atoms with Crippen molar-refractivity contribution < 1.29 is 4.79 Å². The van der Waals surface area contributed by atoms with E-state index >= 15 is 0 Å². The third-order valence-electron chi connectivity index (χ3n) is 5.30. The number of hydrogen-bond donors (Lipinski definition) is 1. The Bertz CT molecular complexity index is 941. The molecule has 0 radical (unpaired) electrons. The molecule has 6 nitrogen and oxygen atoms in total. The Morgan fingerprint density at radius 3 is 2.68 bits per heavy atom. The molecule has 1 aliphatic heterocycles. The third kappa shape index (κ3) is 4.11. The number of piperazine rings is 1. The normalized spacial score (nSPS) is 15.9. The van der Waals surface area contributed by atoms with Gasteiger partial charge in [0.15, 0.2) is 0 Å². The number of nitrogens with one attached hydrogen (secondary N) is 1. The van der Waals surface area contributed by atoms with Gasteiger partial charge < -0.3 is 15.1 Å². The van der Waals surface area contributed by atoms with E-state index in [4.69, 9.17) is 0 Å². The average molecular weight is 398 g/mol. The molecule has 1 N–H and O–H groups in total. The van der Waals surface area contributed by atoms with Crippen LogP contribution in [-0.4, -0.2) is 71.8 Å². The molecule has 3 heterocycles. The average Bonchev–Trinajstić information content (AvgIpc) is 3.28. The zero-order valence-electron chi connectivity index (χ0n) is 16.5. The fraction of sp³-hybridized carbons (Fsp3) is 0.429. The van der Waals surface area contributed by atoms with Gasteiger partial charge in [-0.25, -0.2) is 4.68 Å². The lowest BCUT2D eigenvalue weighted by Gasteiger charge is -2.32. The number of aromatic nitrogens is 2. The molecular formula is C21H27N5OS.